The Labute approximate surface area is 145 Å². The van der Waals surface area contributed by atoms with Crippen molar-refractivity contribution in [2.24, 2.45) is 0 Å². The van der Waals surface area contributed by atoms with Gasteiger partial charge in [0.25, 0.3) is 0 Å². The number of hydrogen-bond donors (Lipinski definition) is 1. The first-order valence-corrected chi connectivity index (χ1v) is 8.91. The molecule has 2 aromatic rings. The summed E-state index contributed by atoms with van der Waals surface area (Å²) in [7, 11) is 0. The van der Waals surface area contributed by atoms with Gasteiger partial charge in [0.1, 0.15) is 5.82 Å². The van der Waals surface area contributed by atoms with Crippen LogP contribution in [0.2, 0.25) is 5.02 Å². The number of carbonyl (C=O) groups is 1. The highest BCUT2D eigenvalue weighted by Crippen LogP contribution is 2.25. The summed E-state index contributed by atoms with van der Waals surface area (Å²) in [6, 6.07) is 12.4. The van der Waals surface area contributed by atoms with E-state index in [0.717, 1.165) is 11.3 Å². The topological polar surface area (TPSA) is 29.1 Å². The summed E-state index contributed by atoms with van der Waals surface area (Å²) in [5.74, 6) is 0.504. The molecule has 0 atom stereocenters. The maximum absolute atomic E-state index is 13.7. The summed E-state index contributed by atoms with van der Waals surface area (Å²) in [4.78, 5) is 12.1. The zero-order chi connectivity index (χ0) is 16.8. The molecule has 122 valence electrons. The second-order valence-electron chi connectivity index (χ2n) is 5.48. The van der Waals surface area contributed by atoms with Gasteiger partial charge >= 0.3 is 0 Å². The van der Waals surface area contributed by atoms with Crippen molar-refractivity contribution in [1.29, 1.82) is 0 Å². The van der Waals surface area contributed by atoms with Gasteiger partial charge in [-0.25, -0.2) is 4.39 Å². The van der Waals surface area contributed by atoms with Crippen LogP contribution in [0.25, 0.3) is 0 Å². The van der Waals surface area contributed by atoms with Crippen LogP contribution in [0.4, 0.5) is 10.1 Å². The minimum Gasteiger partial charge on any atom is -0.325 e. The third-order valence-corrected chi connectivity index (χ3v) is 4.71. The van der Waals surface area contributed by atoms with Gasteiger partial charge in [-0.2, -0.15) is 0 Å². The minimum atomic E-state index is -0.337. The number of anilines is 1. The standard InChI is InChI=1S/C18H19ClFNOS/c1-12(2)13-6-3-4-9-17(13)21-18(22)11-23-10-14-15(19)7-5-8-16(14)20/h3-9,12H,10-11H2,1-2H3,(H,21,22). The normalized spacial score (nSPS) is 10.8. The third-order valence-electron chi connectivity index (χ3n) is 3.40. The number of hydrogen-bond acceptors (Lipinski definition) is 2. The molecular formula is C18H19ClFNOS. The first-order chi connectivity index (χ1) is 11.0. The van der Waals surface area contributed by atoms with Crippen molar-refractivity contribution in [3.63, 3.8) is 0 Å². The van der Waals surface area contributed by atoms with Crippen molar-refractivity contribution in [2.75, 3.05) is 11.1 Å². The summed E-state index contributed by atoms with van der Waals surface area (Å²) in [5, 5.41) is 3.31. The molecule has 0 aromatic heterocycles. The number of benzene rings is 2. The predicted octanol–water partition coefficient (Wildman–Crippen LogP) is 5.47. The first-order valence-electron chi connectivity index (χ1n) is 7.38. The van der Waals surface area contributed by atoms with Gasteiger partial charge in [-0.3, -0.25) is 4.79 Å². The Bertz CT molecular complexity index is 670. The van der Waals surface area contributed by atoms with E-state index in [1.165, 1.54) is 17.8 Å². The molecule has 5 heteroatoms. The SMILES string of the molecule is CC(C)c1ccccc1NC(=O)CSCc1c(F)cccc1Cl. The summed E-state index contributed by atoms with van der Waals surface area (Å²) < 4.78 is 13.7. The van der Waals surface area contributed by atoms with Crippen molar-refractivity contribution in [2.45, 2.75) is 25.5 Å². The van der Waals surface area contributed by atoms with E-state index >= 15 is 0 Å². The Morgan fingerprint density at radius 2 is 1.96 bits per heavy atom. The lowest BCUT2D eigenvalue weighted by Crippen LogP contribution is -2.15. The molecule has 2 rings (SSSR count). The molecule has 23 heavy (non-hydrogen) atoms. The number of para-hydroxylation sites is 1. The fourth-order valence-electron chi connectivity index (χ4n) is 2.22. The van der Waals surface area contributed by atoms with Crippen LogP contribution < -0.4 is 5.32 Å². The summed E-state index contributed by atoms with van der Waals surface area (Å²) >= 11 is 7.32. The lowest BCUT2D eigenvalue weighted by Gasteiger charge is -2.13. The van der Waals surface area contributed by atoms with Crippen LogP contribution in [0.1, 0.15) is 30.9 Å². The molecule has 0 unspecified atom stereocenters. The Balaban J connectivity index is 1.91. The third kappa shape index (κ3) is 4.98. The molecule has 0 aliphatic rings. The minimum absolute atomic E-state index is 0.101. The van der Waals surface area contributed by atoms with Gasteiger partial charge in [0.05, 0.1) is 5.75 Å². The van der Waals surface area contributed by atoms with E-state index in [1.54, 1.807) is 12.1 Å². The van der Waals surface area contributed by atoms with Crippen molar-refractivity contribution in [3.05, 3.63) is 64.4 Å². The number of nitrogens with one attached hydrogen (secondary N) is 1. The van der Waals surface area contributed by atoms with E-state index < -0.39 is 0 Å². The molecule has 0 heterocycles. The van der Waals surface area contributed by atoms with Gasteiger partial charge in [-0.15, -0.1) is 11.8 Å². The largest absolute Gasteiger partial charge is 0.325 e. The van der Waals surface area contributed by atoms with E-state index in [9.17, 15) is 9.18 Å². The van der Waals surface area contributed by atoms with Crippen molar-refractivity contribution in [1.82, 2.24) is 0 Å². The molecule has 0 saturated carbocycles. The monoisotopic (exact) mass is 351 g/mol. The summed E-state index contributed by atoms with van der Waals surface area (Å²) in [5.41, 5.74) is 2.37. The molecule has 0 aliphatic heterocycles. The molecule has 0 saturated heterocycles. The maximum Gasteiger partial charge on any atom is 0.234 e. The Morgan fingerprint density at radius 3 is 2.65 bits per heavy atom. The van der Waals surface area contributed by atoms with Gasteiger partial charge in [0.15, 0.2) is 0 Å². The predicted molar refractivity (Wildman–Crippen MR) is 96.7 cm³/mol. The van der Waals surface area contributed by atoms with Gasteiger partial charge < -0.3 is 5.32 Å². The highest BCUT2D eigenvalue weighted by molar-refractivity contribution is 7.99. The molecule has 0 aliphatic carbocycles. The molecule has 0 radical (unpaired) electrons. The molecule has 0 bridgehead atoms. The van der Waals surface area contributed by atoms with E-state index in [0.29, 0.717) is 22.3 Å². The maximum atomic E-state index is 13.7. The fraction of sp³-hybridized carbons (Fsp3) is 0.278. The Morgan fingerprint density at radius 1 is 1.22 bits per heavy atom. The van der Waals surface area contributed by atoms with E-state index in [-0.39, 0.29) is 17.5 Å². The van der Waals surface area contributed by atoms with Crippen LogP contribution in [0.3, 0.4) is 0 Å². The number of halogens is 2. The second-order valence-corrected chi connectivity index (χ2v) is 6.88. The van der Waals surface area contributed by atoms with E-state index in [4.69, 9.17) is 11.6 Å². The van der Waals surface area contributed by atoms with Gasteiger partial charge in [-0.05, 0) is 29.7 Å². The van der Waals surface area contributed by atoms with Crippen LogP contribution in [-0.2, 0) is 10.5 Å². The van der Waals surface area contributed by atoms with E-state index in [1.807, 2.05) is 24.3 Å². The molecular weight excluding hydrogens is 333 g/mol. The second kappa shape index (κ2) is 8.37. The van der Waals surface area contributed by atoms with Crippen LogP contribution in [0.5, 0.6) is 0 Å². The summed E-state index contributed by atoms with van der Waals surface area (Å²) in [6.45, 7) is 4.17. The van der Waals surface area contributed by atoms with Crippen molar-refractivity contribution in [3.8, 4) is 0 Å². The quantitative estimate of drug-likeness (QED) is 0.747. The number of thioether (sulfide) groups is 1. The van der Waals surface area contributed by atoms with Crippen LogP contribution in [-0.4, -0.2) is 11.7 Å². The molecule has 2 aromatic carbocycles. The Hall–Kier alpha value is -1.52. The molecule has 1 N–H and O–H groups in total. The summed E-state index contributed by atoms with van der Waals surface area (Å²) in [6.07, 6.45) is 0. The van der Waals surface area contributed by atoms with Crippen molar-refractivity contribution >= 4 is 35.0 Å². The van der Waals surface area contributed by atoms with Crippen LogP contribution in [0, 0.1) is 5.82 Å². The van der Waals surface area contributed by atoms with Crippen LogP contribution >= 0.6 is 23.4 Å². The zero-order valence-corrected chi connectivity index (χ0v) is 14.7. The molecule has 0 spiro atoms. The van der Waals surface area contributed by atoms with Crippen LogP contribution in [0.15, 0.2) is 42.5 Å². The molecule has 1 amide bonds. The highest BCUT2D eigenvalue weighted by Gasteiger charge is 2.11. The average molecular weight is 352 g/mol. The molecule has 2 nitrogen and oxygen atoms in total. The van der Waals surface area contributed by atoms with Gasteiger partial charge in [-0.1, -0.05) is 49.7 Å². The molecule has 0 fully saturated rings. The zero-order valence-electron chi connectivity index (χ0n) is 13.1. The highest BCUT2D eigenvalue weighted by atomic mass is 35.5. The first kappa shape index (κ1) is 17.8. The van der Waals surface area contributed by atoms with E-state index in [2.05, 4.69) is 19.2 Å². The number of amides is 1. The lowest BCUT2D eigenvalue weighted by molar-refractivity contribution is -0.113. The van der Waals surface area contributed by atoms with Crippen molar-refractivity contribution < 1.29 is 9.18 Å². The average Bonchev–Trinajstić information content (AvgIpc) is 2.50. The van der Waals surface area contributed by atoms with Gasteiger partial charge in [0, 0.05) is 22.0 Å². The fourth-order valence-corrected chi connectivity index (χ4v) is 3.38. The smallest absolute Gasteiger partial charge is 0.234 e. The van der Waals surface area contributed by atoms with Gasteiger partial charge in [0.2, 0.25) is 5.91 Å². The number of rotatable bonds is 6. The lowest BCUT2D eigenvalue weighted by atomic mass is 10.0. The Kier molecular flexibility index (Phi) is 6.48. The number of carbonyl (C=O) groups excluding carboxylic acids is 1.